The van der Waals surface area contributed by atoms with Crippen LogP contribution in [-0.4, -0.2) is 25.2 Å². The number of hydrogen-bond acceptors (Lipinski definition) is 3. The molecule has 0 fully saturated rings. The Morgan fingerprint density at radius 2 is 2.00 bits per heavy atom. The number of aliphatic carboxylic acids is 1. The van der Waals surface area contributed by atoms with Crippen molar-refractivity contribution in [2.75, 3.05) is 5.75 Å². The van der Waals surface area contributed by atoms with Crippen LogP contribution >= 0.6 is 0 Å². The van der Waals surface area contributed by atoms with Gasteiger partial charge in [0.1, 0.15) is 0 Å². The highest BCUT2D eigenvalue weighted by Gasteiger charge is 2.12. The maximum absolute atomic E-state index is 11.8. The third-order valence-corrected chi connectivity index (χ3v) is 4.35. The van der Waals surface area contributed by atoms with Crippen molar-refractivity contribution in [3.05, 3.63) is 35.9 Å². The Morgan fingerprint density at radius 3 is 2.50 bits per heavy atom. The van der Waals surface area contributed by atoms with E-state index in [1.54, 1.807) is 19.1 Å². The van der Waals surface area contributed by atoms with Crippen LogP contribution in [0.5, 0.6) is 0 Å². The molecule has 0 amide bonds. The predicted octanol–water partition coefficient (Wildman–Crippen LogP) is 2.36. The molecule has 18 heavy (non-hydrogen) atoms. The maximum atomic E-state index is 11.8. The van der Waals surface area contributed by atoms with Crippen LogP contribution in [0.2, 0.25) is 0 Å². The first kappa shape index (κ1) is 14.4. The molecule has 1 aromatic rings. The number of allylic oxidation sites excluding steroid dienone is 1. The van der Waals surface area contributed by atoms with Crippen LogP contribution in [0.1, 0.15) is 25.8 Å². The molecule has 0 aliphatic carbocycles. The van der Waals surface area contributed by atoms with Gasteiger partial charge in [0.15, 0.2) is 9.84 Å². The van der Waals surface area contributed by atoms with Gasteiger partial charge in [-0.1, -0.05) is 26.0 Å². The molecule has 4 nitrogen and oxygen atoms in total. The maximum Gasteiger partial charge on any atom is 0.328 e. The van der Waals surface area contributed by atoms with Crippen LogP contribution in [0.15, 0.2) is 35.2 Å². The Balaban J connectivity index is 3.29. The van der Waals surface area contributed by atoms with E-state index < -0.39 is 15.8 Å². The fraction of sp³-hybridized carbons (Fsp3) is 0.308. The van der Waals surface area contributed by atoms with Crippen molar-refractivity contribution in [1.82, 2.24) is 0 Å². The molecule has 1 aromatic carbocycles. The van der Waals surface area contributed by atoms with Crippen LogP contribution in [0.25, 0.3) is 5.57 Å². The van der Waals surface area contributed by atoms with Crippen LogP contribution < -0.4 is 0 Å². The van der Waals surface area contributed by atoms with Crippen molar-refractivity contribution in [1.29, 1.82) is 0 Å². The molecule has 0 radical (unpaired) electrons. The van der Waals surface area contributed by atoms with E-state index in [4.69, 9.17) is 5.11 Å². The minimum atomic E-state index is -3.27. The number of rotatable bonds is 5. The van der Waals surface area contributed by atoms with Gasteiger partial charge in [-0.3, -0.25) is 0 Å². The zero-order valence-electron chi connectivity index (χ0n) is 10.4. The van der Waals surface area contributed by atoms with E-state index in [2.05, 4.69) is 0 Å². The first-order chi connectivity index (χ1) is 8.40. The summed E-state index contributed by atoms with van der Waals surface area (Å²) >= 11 is 0. The molecule has 1 N–H and O–H groups in total. The van der Waals surface area contributed by atoms with E-state index in [9.17, 15) is 13.2 Å². The molecule has 1 rings (SSSR count). The summed E-state index contributed by atoms with van der Waals surface area (Å²) in [5.74, 6) is -1.00. The molecule has 5 heteroatoms. The lowest BCUT2D eigenvalue weighted by atomic mass is 10.0. The summed E-state index contributed by atoms with van der Waals surface area (Å²) in [6, 6.07) is 6.39. The quantitative estimate of drug-likeness (QED) is 0.832. The second-order valence-electron chi connectivity index (χ2n) is 3.79. The third kappa shape index (κ3) is 3.43. The summed E-state index contributed by atoms with van der Waals surface area (Å²) < 4.78 is 23.5. The van der Waals surface area contributed by atoms with Gasteiger partial charge >= 0.3 is 5.97 Å². The van der Waals surface area contributed by atoms with Gasteiger partial charge in [-0.2, -0.15) is 0 Å². The molecule has 0 spiro atoms. The Hall–Kier alpha value is -1.62. The molecule has 0 aliphatic heterocycles. The highest BCUT2D eigenvalue weighted by Crippen LogP contribution is 2.21. The Kier molecular flexibility index (Phi) is 4.67. The number of sulfone groups is 1. The number of carboxylic acid groups (broad SMARTS) is 1. The van der Waals surface area contributed by atoms with Crippen LogP contribution in [0.4, 0.5) is 0 Å². The molecule has 0 atom stereocenters. The van der Waals surface area contributed by atoms with E-state index in [0.29, 0.717) is 17.6 Å². The lowest BCUT2D eigenvalue weighted by Crippen LogP contribution is -2.04. The van der Waals surface area contributed by atoms with Crippen LogP contribution in [-0.2, 0) is 14.6 Å². The summed E-state index contributed by atoms with van der Waals surface area (Å²) in [7, 11) is -3.27. The first-order valence-electron chi connectivity index (χ1n) is 5.67. The monoisotopic (exact) mass is 268 g/mol. The number of hydrogen-bond donors (Lipinski definition) is 1. The summed E-state index contributed by atoms with van der Waals surface area (Å²) in [5, 5.41) is 8.76. The number of benzene rings is 1. The lowest BCUT2D eigenvalue weighted by Gasteiger charge is -2.07. The molecule has 0 aromatic heterocycles. The van der Waals surface area contributed by atoms with Gasteiger partial charge in [-0.15, -0.1) is 0 Å². The van der Waals surface area contributed by atoms with Gasteiger partial charge in [-0.05, 0) is 29.7 Å². The zero-order valence-corrected chi connectivity index (χ0v) is 11.2. The highest BCUT2D eigenvalue weighted by molar-refractivity contribution is 7.91. The Bertz CT molecular complexity index is 570. The van der Waals surface area contributed by atoms with Gasteiger partial charge in [0.05, 0.1) is 10.6 Å². The Morgan fingerprint density at radius 1 is 1.33 bits per heavy atom. The molecule has 0 unspecified atom stereocenters. The third-order valence-electron chi connectivity index (χ3n) is 2.62. The van der Waals surface area contributed by atoms with Crippen molar-refractivity contribution in [2.24, 2.45) is 0 Å². The average molecular weight is 268 g/mol. The SMILES string of the molecule is CC/C(=C\C(=O)O)c1cccc(S(=O)(=O)CC)c1. The van der Waals surface area contributed by atoms with Crippen molar-refractivity contribution in [3.8, 4) is 0 Å². The summed E-state index contributed by atoms with van der Waals surface area (Å²) in [6.45, 7) is 3.41. The smallest absolute Gasteiger partial charge is 0.328 e. The standard InChI is InChI=1S/C13H16O4S/c1-3-10(9-13(14)15)11-6-5-7-12(8-11)18(16,17)4-2/h5-9H,3-4H2,1-2H3,(H,14,15)/b10-9+. The minimum absolute atomic E-state index is 0.0283. The molecule has 0 heterocycles. The minimum Gasteiger partial charge on any atom is -0.478 e. The number of carbonyl (C=O) groups is 1. The van der Waals surface area contributed by atoms with E-state index in [1.807, 2.05) is 6.92 Å². The molecule has 98 valence electrons. The second kappa shape index (κ2) is 5.82. The fourth-order valence-electron chi connectivity index (χ4n) is 1.59. The molecular formula is C13H16O4S. The number of carboxylic acids is 1. The molecule has 0 aliphatic rings. The van der Waals surface area contributed by atoms with Crippen LogP contribution in [0, 0.1) is 0 Å². The largest absolute Gasteiger partial charge is 0.478 e. The van der Waals surface area contributed by atoms with Crippen molar-refractivity contribution >= 4 is 21.4 Å². The fourth-order valence-corrected chi connectivity index (χ4v) is 2.52. The molecular weight excluding hydrogens is 252 g/mol. The zero-order chi connectivity index (χ0) is 13.8. The van der Waals surface area contributed by atoms with E-state index >= 15 is 0 Å². The normalized spacial score (nSPS) is 12.4. The predicted molar refractivity (Wildman–Crippen MR) is 70.1 cm³/mol. The molecule has 0 bridgehead atoms. The summed E-state index contributed by atoms with van der Waals surface area (Å²) in [4.78, 5) is 10.9. The van der Waals surface area contributed by atoms with Crippen molar-refractivity contribution < 1.29 is 18.3 Å². The topological polar surface area (TPSA) is 71.4 Å². The lowest BCUT2D eigenvalue weighted by molar-refractivity contribution is -0.131. The van der Waals surface area contributed by atoms with Gasteiger partial charge in [0, 0.05) is 6.08 Å². The second-order valence-corrected chi connectivity index (χ2v) is 6.07. The van der Waals surface area contributed by atoms with Gasteiger partial charge < -0.3 is 5.11 Å². The highest BCUT2D eigenvalue weighted by atomic mass is 32.2. The first-order valence-corrected chi connectivity index (χ1v) is 7.32. The van der Waals surface area contributed by atoms with E-state index in [-0.39, 0.29) is 10.6 Å². The van der Waals surface area contributed by atoms with Gasteiger partial charge in [0.2, 0.25) is 0 Å². The van der Waals surface area contributed by atoms with Crippen molar-refractivity contribution in [3.63, 3.8) is 0 Å². The van der Waals surface area contributed by atoms with E-state index in [0.717, 1.165) is 6.08 Å². The van der Waals surface area contributed by atoms with Crippen molar-refractivity contribution in [2.45, 2.75) is 25.2 Å². The average Bonchev–Trinajstić information content (AvgIpc) is 2.36. The molecule has 0 saturated heterocycles. The molecule has 0 saturated carbocycles. The van der Waals surface area contributed by atoms with Gasteiger partial charge in [0.25, 0.3) is 0 Å². The van der Waals surface area contributed by atoms with E-state index in [1.165, 1.54) is 12.1 Å². The summed E-state index contributed by atoms with van der Waals surface area (Å²) in [5.41, 5.74) is 1.24. The van der Waals surface area contributed by atoms with Gasteiger partial charge in [-0.25, -0.2) is 13.2 Å². The Labute approximate surface area is 107 Å². The summed E-state index contributed by atoms with van der Waals surface area (Å²) in [6.07, 6.45) is 1.64. The van der Waals surface area contributed by atoms with Crippen LogP contribution in [0.3, 0.4) is 0 Å².